The molecular weight excluding hydrogens is 296 g/mol. The molecule has 1 amide bonds. The molecule has 0 atom stereocenters. The van der Waals surface area contributed by atoms with Crippen molar-refractivity contribution in [2.75, 3.05) is 19.8 Å². The second-order valence-electron chi connectivity index (χ2n) is 5.15. The minimum absolute atomic E-state index is 0.0698. The first-order valence-corrected chi connectivity index (χ1v) is 8.25. The van der Waals surface area contributed by atoms with Crippen LogP contribution in [-0.2, 0) is 14.8 Å². The number of carbonyl (C=O) groups excluding carboxylic acids is 1. The first-order valence-electron chi connectivity index (χ1n) is 6.71. The SMILES string of the molecule is Cc1oc(C(=O)NCCCOCC(C)C)cc1S(N)(=O)=O. The third-order valence-corrected chi connectivity index (χ3v) is 3.62. The van der Waals surface area contributed by atoms with E-state index in [0.717, 1.165) is 6.07 Å². The smallest absolute Gasteiger partial charge is 0.287 e. The first kappa shape index (κ1) is 17.7. The number of nitrogens with one attached hydrogen (secondary N) is 1. The zero-order chi connectivity index (χ0) is 16.0. The van der Waals surface area contributed by atoms with Gasteiger partial charge in [0.1, 0.15) is 10.7 Å². The average molecular weight is 318 g/mol. The summed E-state index contributed by atoms with van der Waals surface area (Å²) < 4.78 is 33.0. The molecule has 0 radical (unpaired) electrons. The third-order valence-electron chi connectivity index (χ3n) is 2.60. The fourth-order valence-corrected chi connectivity index (χ4v) is 2.36. The molecule has 0 spiro atoms. The molecule has 0 saturated heterocycles. The van der Waals surface area contributed by atoms with Gasteiger partial charge in [0.2, 0.25) is 10.0 Å². The molecule has 3 N–H and O–H groups in total. The van der Waals surface area contributed by atoms with E-state index in [0.29, 0.717) is 32.1 Å². The molecule has 0 aliphatic heterocycles. The number of hydrogen-bond acceptors (Lipinski definition) is 5. The maximum Gasteiger partial charge on any atom is 0.287 e. The first-order chi connectivity index (χ1) is 9.71. The number of carbonyl (C=O) groups is 1. The lowest BCUT2D eigenvalue weighted by Crippen LogP contribution is -2.25. The van der Waals surface area contributed by atoms with Crippen molar-refractivity contribution in [1.29, 1.82) is 0 Å². The lowest BCUT2D eigenvalue weighted by molar-refractivity contribution is 0.0899. The Balaban J connectivity index is 2.43. The van der Waals surface area contributed by atoms with Crippen LogP contribution in [0.25, 0.3) is 0 Å². The van der Waals surface area contributed by atoms with Crippen LogP contribution in [0.5, 0.6) is 0 Å². The second kappa shape index (κ2) is 7.58. The normalized spacial score (nSPS) is 11.9. The van der Waals surface area contributed by atoms with Gasteiger partial charge >= 0.3 is 0 Å². The summed E-state index contributed by atoms with van der Waals surface area (Å²) in [6, 6.07) is 1.13. The molecule has 0 bridgehead atoms. The molecule has 1 heterocycles. The Kier molecular flexibility index (Phi) is 6.38. The minimum Gasteiger partial charge on any atom is -0.455 e. The Morgan fingerprint density at radius 1 is 1.48 bits per heavy atom. The van der Waals surface area contributed by atoms with Crippen molar-refractivity contribution in [3.8, 4) is 0 Å². The molecule has 0 unspecified atom stereocenters. The summed E-state index contributed by atoms with van der Waals surface area (Å²) in [6.07, 6.45) is 0.667. The zero-order valence-corrected chi connectivity index (χ0v) is 13.3. The molecule has 1 aromatic rings. The number of aryl methyl sites for hydroxylation is 1. The Hall–Kier alpha value is -1.38. The van der Waals surface area contributed by atoms with Crippen molar-refractivity contribution < 1.29 is 22.4 Å². The highest BCUT2D eigenvalue weighted by atomic mass is 32.2. The highest BCUT2D eigenvalue weighted by Crippen LogP contribution is 2.18. The Labute approximate surface area is 124 Å². The topological polar surface area (TPSA) is 112 Å². The van der Waals surface area contributed by atoms with E-state index < -0.39 is 15.9 Å². The molecule has 0 aliphatic carbocycles. The van der Waals surface area contributed by atoms with Gasteiger partial charge in [-0.05, 0) is 19.3 Å². The lowest BCUT2D eigenvalue weighted by Gasteiger charge is -2.07. The predicted molar refractivity (Wildman–Crippen MR) is 77.4 cm³/mol. The summed E-state index contributed by atoms with van der Waals surface area (Å²) in [7, 11) is -3.88. The van der Waals surface area contributed by atoms with E-state index in [1.807, 2.05) is 0 Å². The van der Waals surface area contributed by atoms with Gasteiger partial charge in [-0.2, -0.15) is 0 Å². The van der Waals surface area contributed by atoms with Crippen LogP contribution < -0.4 is 10.5 Å². The van der Waals surface area contributed by atoms with Crippen LogP contribution in [0, 0.1) is 12.8 Å². The maximum absolute atomic E-state index is 11.8. The molecule has 8 heteroatoms. The highest BCUT2D eigenvalue weighted by molar-refractivity contribution is 7.89. The molecule has 1 rings (SSSR count). The van der Waals surface area contributed by atoms with Crippen molar-refractivity contribution >= 4 is 15.9 Å². The number of rotatable bonds is 8. The van der Waals surface area contributed by atoms with Crippen LogP contribution in [0.15, 0.2) is 15.4 Å². The van der Waals surface area contributed by atoms with Gasteiger partial charge in [-0.1, -0.05) is 13.8 Å². The van der Waals surface area contributed by atoms with E-state index in [1.165, 1.54) is 6.92 Å². The summed E-state index contributed by atoms with van der Waals surface area (Å²) in [5.74, 6) is 0.0294. The Bertz CT molecular complexity index is 577. The monoisotopic (exact) mass is 318 g/mol. The largest absolute Gasteiger partial charge is 0.455 e. The summed E-state index contributed by atoms with van der Waals surface area (Å²) in [5, 5.41) is 7.65. The van der Waals surface area contributed by atoms with E-state index in [1.54, 1.807) is 0 Å². The van der Waals surface area contributed by atoms with Crippen molar-refractivity contribution in [3.05, 3.63) is 17.6 Å². The highest BCUT2D eigenvalue weighted by Gasteiger charge is 2.20. The van der Waals surface area contributed by atoms with Gasteiger partial charge in [0.25, 0.3) is 5.91 Å². The van der Waals surface area contributed by atoms with Crippen LogP contribution in [0.4, 0.5) is 0 Å². The quantitative estimate of drug-likeness (QED) is 0.695. The molecule has 21 heavy (non-hydrogen) atoms. The molecule has 120 valence electrons. The average Bonchev–Trinajstić information content (AvgIpc) is 2.75. The van der Waals surface area contributed by atoms with Crippen molar-refractivity contribution in [3.63, 3.8) is 0 Å². The summed E-state index contributed by atoms with van der Waals surface area (Å²) in [6.45, 7) is 7.22. The van der Waals surface area contributed by atoms with Crippen LogP contribution in [0.2, 0.25) is 0 Å². The second-order valence-corrected chi connectivity index (χ2v) is 6.68. The summed E-state index contributed by atoms with van der Waals surface area (Å²) in [5.41, 5.74) is 0. The van der Waals surface area contributed by atoms with Gasteiger partial charge in [0, 0.05) is 25.8 Å². The number of sulfonamides is 1. The van der Waals surface area contributed by atoms with E-state index in [4.69, 9.17) is 14.3 Å². The summed E-state index contributed by atoms with van der Waals surface area (Å²) >= 11 is 0. The number of furan rings is 1. The molecule has 0 aliphatic rings. The fraction of sp³-hybridized carbons (Fsp3) is 0.615. The molecular formula is C13H22N2O5S. The van der Waals surface area contributed by atoms with Crippen molar-refractivity contribution in [2.45, 2.75) is 32.1 Å². The van der Waals surface area contributed by atoms with E-state index >= 15 is 0 Å². The molecule has 0 aromatic carbocycles. The third kappa shape index (κ3) is 5.86. The van der Waals surface area contributed by atoms with Crippen LogP contribution in [0.1, 0.15) is 36.6 Å². The van der Waals surface area contributed by atoms with E-state index in [2.05, 4.69) is 19.2 Å². The molecule has 7 nitrogen and oxygen atoms in total. The van der Waals surface area contributed by atoms with Gasteiger partial charge in [-0.25, -0.2) is 13.6 Å². The number of amides is 1. The molecule has 1 aromatic heterocycles. The minimum atomic E-state index is -3.88. The fourth-order valence-electron chi connectivity index (χ4n) is 1.64. The molecule has 0 fully saturated rings. The number of primary sulfonamides is 1. The van der Waals surface area contributed by atoms with Crippen LogP contribution in [-0.4, -0.2) is 34.1 Å². The van der Waals surface area contributed by atoms with Gasteiger partial charge in [0.05, 0.1) is 0 Å². The van der Waals surface area contributed by atoms with Gasteiger partial charge in [-0.15, -0.1) is 0 Å². The lowest BCUT2D eigenvalue weighted by atomic mass is 10.2. The number of nitrogens with two attached hydrogens (primary N) is 1. The summed E-state index contributed by atoms with van der Waals surface area (Å²) in [4.78, 5) is 11.6. The Morgan fingerprint density at radius 3 is 2.67 bits per heavy atom. The maximum atomic E-state index is 11.8. The van der Waals surface area contributed by atoms with Crippen LogP contribution >= 0.6 is 0 Å². The van der Waals surface area contributed by atoms with E-state index in [9.17, 15) is 13.2 Å². The van der Waals surface area contributed by atoms with Crippen LogP contribution in [0.3, 0.4) is 0 Å². The standard InChI is InChI=1S/C13H22N2O5S/c1-9(2)8-19-6-4-5-15-13(16)11-7-12(10(3)20-11)21(14,17)18/h7,9H,4-6,8H2,1-3H3,(H,15,16)(H2,14,17,18). The van der Waals surface area contributed by atoms with Gasteiger partial charge < -0.3 is 14.5 Å². The number of hydrogen-bond donors (Lipinski definition) is 2. The molecule has 0 saturated carbocycles. The zero-order valence-electron chi connectivity index (χ0n) is 12.5. The van der Waals surface area contributed by atoms with Crippen molar-refractivity contribution in [1.82, 2.24) is 5.32 Å². The predicted octanol–water partition coefficient (Wildman–Crippen LogP) is 1.03. The van der Waals surface area contributed by atoms with Gasteiger partial charge in [-0.3, -0.25) is 4.79 Å². The van der Waals surface area contributed by atoms with Gasteiger partial charge in [0.15, 0.2) is 5.76 Å². The van der Waals surface area contributed by atoms with E-state index in [-0.39, 0.29) is 16.4 Å². The Morgan fingerprint density at radius 2 is 2.14 bits per heavy atom. The van der Waals surface area contributed by atoms with Crippen molar-refractivity contribution in [2.24, 2.45) is 11.1 Å². The number of ether oxygens (including phenoxy) is 1.